The van der Waals surface area contributed by atoms with Gasteiger partial charge < -0.3 is 10.6 Å². The first-order valence-corrected chi connectivity index (χ1v) is 10.1. The van der Waals surface area contributed by atoms with Gasteiger partial charge in [0.15, 0.2) is 9.84 Å². The molecule has 2 N–H and O–H groups in total. The smallest absolute Gasteiger partial charge is 0.315 e. The zero-order valence-corrected chi connectivity index (χ0v) is 14.3. The van der Waals surface area contributed by atoms with E-state index < -0.39 is 9.84 Å². The Morgan fingerprint density at radius 3 is 2.35 bits per heavy atom. The molecule has 0 radical (unpaired) electrons. The number of carbonyl (C=O) groups is 1. The van der Waals surface area contributed by atoms with Crippen molar-refractivity contribution < 1.29 is 13.2 Å². The van der Waals surface area contributed by atoms with Gasteiger partial charge in [-0.1, -0.05) is 43.9 Å². The zero-order chi connectivity index (χ0) is 16.5. The lowest BCUT2D eigenvalue weighted by atomic mass is 10.1. The number of urea groups is 1. The molecule has 1 aromatic rings. The number of amides is 2. The molecule has 0 atom stereocenters. The lowest BCUT2D eigenvalue weighted by molar-refractivity contribution is 0.235. The maximum atomic E-state index is 12.1. The van der Waals surface area contributed by atoms with Crippen LogP contribution in [0.4, 0.5) is 4.79 Å². The van der Waals surface area contributed by atoms with Gasteiger partial charge in [-0.15, -0.1) is 0 Å². The maximum absolute atomic E-state index is 12.1. The number of carbonyl (C=O) groups excluding carboxylic acids is 1. The lowest BCUT2D eigenvalue weighted by Gasteiger charge is -2.16. The third-order valence-electron chi connectivity index (χ3n) is 4.17. The average Bonchev–Trinajstić information content (AvgIpc) is 2.81. The molecular weight excluding hydrogens is 312 g/mol. The van der Waals surface area contributed by atoms with Crippen LogP contribution in [0.1, 0.15) is 44.9 Å². The van der Waals surface area contributed by atoms with Crippen molar-refractivity contribution in [3.63, 3.8) is 0 Å². The maximum Gasteiger partial charge on any atom is 0.315 e. The van der Waals surface area contributed by atoms with Crippen molar-refractivity contribution in [1.29, 1.82) is 0 Å². The van der Waals surface area contributed by atoms with E-state index >= 15 is 0 Å². The Labute approximate surface area is 138 Å². The number of nitrogens with one attached hydrogen (secondary N) is 2. The first-order chi connectivity index (χ1) is 11.1. The van der Waals surface area contributed by atoms with Crippen LogP contribution < -0.4 is 10.6 Å². The van der Waals surface area contributed by atoms with Crippen LogP contribution in [0.5, 0.6) is 0 Å². The summed E-state index contributed by atoms with van der Waals surface area (Å²) in [5.41, 5.74) is 0. The molecule has 0 unspecified atom stereocenters. The lowest BCUT2D eigenvalue weighted by Crippen LogP contribution is -2.42. The highest BCUT2D eigenvalue weighted by atomic mass is 32.2. The Balaban J connectivity index is 1.67. The summed E-state index contributed by atoms with van der Waals surface area (Å²) in [6.45, 7) is 0.366. The number of rotatable bonds is 6. The molecule has 0 saturated heterocycles. The third kappa shape index (κ3) is 6.22. The van der Waals surface area contributed by atoms with Crippen molar-refractivity contribution in [3.8, 4) is 0 Å². The summed E-state index contributed by atoms with van der Waals surface area (Å²) in [6.07, 6.45) is 7.32. The third-order valence-corrected chi connectivity index (χ3v) is 5.98. The molecule has 1 saturated carbocycles. The van der Waals surface area contributed by atoms with Gasteiger partial charge in [-0.3, -0.25) is 0 Å². The molecular formula is C17H26N2O3S. The van der Waals surface area contributed by atoms with Gasteiger partial charge in [0.05, 0.1) is 10.6 Å². The number of benzene rings is 1. The summed E-state index contributed by atoms with van der Waals surface area (Å²) in [4.78, 5) is 12.2. The van der Waals surface area contributed by atoms with Gasteiger partial charge in [0.2, 0.25) is 0 Å². The minimum Gasteiger partial charge on any atom is -0.338 e. The van der Waals surface area contributed by atoms with Crippen LogP contribution in [0, 0.1) is 0 Å². The Morgan fingerprint density at radius 2 is 1.70 bits per heavy atom. The standard InChI is InChI=1S/C17H26N2O3S/c20-17(19-15-9-4-1-2-5-10-15)18-13-8-14-23(21,22)16-11-6-3-7-12-16/h3,6-7,11-12,15H,1-2,4-5,8-10,13-14H2,(H2,18,19,20). The molecule has 0 aliphatic heterocycles. The van der Waals surface area contributed by atoms with Crippen molar-refractivity contribution in [2.75, 3.05) is 12.3 Å². The predicted molar refractivity (Wildman–Crippen MR) is 91.1 cm³/mol. The van der Waals surface area contributed by atoms with Crippen molar-refractivity contribution in [3.05, 3.63) is 30.3 Å². The average molecular weight is 338 g/mol. The van der Waals surface area contributed by atoms with E-state index in [1.54, 1.807) is 30.3 Å². The molecule has 0 bridgehead atoms. The summed E-state index contributed by atoms with van der Waals surface area (Å²) >= 11 is 0. The predicted octanol–water partition coefficient (Wildman–Crippen LogP) is 2.87. The minimum atomic E-state index is -3.26. The van der Waals surface area contributed by atoms with E-state index in [-0.39, 0.29) is 17.8 Å². The molecule has 2 amide bonds. The molecule has 6 heteroatoms. The van der Waals surface area contributed by atoms with E-state index in [9.17, 15) is 13.2 Å². The second-order valence-corrected chi connectivity index (χ2v) is 8.18. The quantitative estimate of drug-likeness (QED) is 0.618. The molecule has 23 heavy (non-hydrogen) atoms. The summed E-state index contributed by atoms with van der Waals surface area (Å²) in [5, 5.41) is 5.75. The molecule has 128 valence electrons. The largest absolute Gasteiger partial charge is 0.338 e. The molecule has 0 aromatic heterocycles. The van der Waals surface area contributed by atoms with E-state index in [4.69, 9.17) is 0 Å². The highest BCUT2D eigenvalue weighted by Crippen LogP contribution is 2.17. The van der Waals surface area contributed by atoms with Crippen LogP contribution in [-0.4, -0.2) is 32.8 Å². The topological polar surface area (TPSA) is 75.3 Å². The SMILES string of the molecule is O=C(NCCCS(=O)(=O)c1ccccc1)NC1CCCCCC1. The molecule has 1 aliphatic carbocycles. The van der Waals surface area contributed by atoms with Gasteiger partial charge in [0.25, 0.3) is 0 Å². The molecule has 2 rings (SSSR count). The van der Waals surface area contributed by atoms with Crippen LogP contribution in [0.15, 0.2) is 35.2 Å². The second-order valence-electron chi connectivity index (χ2n) is 6.07. The van der Waals surface area contributed by atoms with Gasteiger partial charge in [-0.2, -0.15) is 0 Å². The first-order valence-electron chi connectivity index (χ1n) is 8.40. The van der Waals surface area contributed by atoms with E-state index in [0.717, 1.165) is 12.8 Å². The van der Waals surface area contributed by atoms with Crippen LogP contribution in [0.2, 0.25) is 0 Å². The highest BCUT2D eigenvalue weighted by Gasteiger charge is 2.15. The molecule has 5 nitrogen and oxygen atoms in total. The van der Waals surface area contributed by atoms with Crippen LogP contribution >= 0.6 is 0 Å². The van der Waals surface area contributed by atoms with Crippen LogP contribution in [0.25, 0.3) is 0 Å². The number of hydrogen-bond donors (Lipinski definition) is 2. The number of sulfone groups is 1. The van der Waals surface area contributed by atoms with Gasteiger partial charge in [-0.05, 0) is 31.4 Å². The summed E-state index contributed by atoms with van der Waals surface area (Å²) in [5.74, 6) is 0.0424. The van der Waals surface area contributed by atoms with E-state index in [0.29, 0.717) is 17.9 Å². The van der Waals surface area contributed by atoms with E-state index in [2.05, 4.69) is 10.6 Å². The van der Waals surface area contributed by atoms with Gasteiger partial charge in [0.1, 0.15) is 0 Å². The zero-order valence-electron chi connectivity index (χ0n) is 13.5. The van der Waals surface area contributed by atoms with Crippen molar-refractivity contribution in [2.45, 2.75) is 55.9 Å². The minimum absolute atomic E-state index is 0.0424. The van der Waals surface area contributed by atoms with E-state index in [1.807, 2.05) is 0 Å². The Kier molecular flexibility index (Phi) is 6.89. The van der Waals surface area contributed by atoms with Gasteiger partial charge >= 0.3 is 6.03 Å². The molecule has 1 aromatic carbocycles. The normalized spacial score (nSPS) is 16.5. The molecule has 1 aliphatic rings. The Morgan fingerprint density at radius 1 is 1.04 bits per heavy atom. The molecule has 1 fully saturated rings. The summed E-state index contributed by atoms with van der Waals surface area (Å²) in [6, 6.07) is 8.48. The first kappa shape index (κ1) is 17.8. The van der Waals surface area contributed by atoms with E-state index in [1.165, 1.54) is 25.7 Å². The fraction of sp³-hybridized carbons (Fsp3) is 0.588. The second kappa shape index (κ2) is 8.91. The highest BCUT2D eigenvalue weighted by molar-refractivity contribution is 7.91. The van der Waals surface area contributed by atoms with Crippen LogP contribution in [-0.2, 0) is 9.84 Å². The van der Waals surface area contributed by atoms with Gasteiger partial charge in [-0.25, -0.2) is 13.2 Å². The fourth-order valence-corrected chi connectivity index (χ4v) is 4.20. The van der Waals surface area contributed by atoms with Crippen molar-refractivity contribution in [2.24, 2.45) is 0 Å². The summed E-state index contributed by atoms with van der Waals surface area (Å²) < 4.78 is 24.2. The monoisotopic (exact) mass is 338 g/mol. The van der Waals surface area contributed by atoms with Crippen molar-refractivity contribution in [1.82, 2.24) is 10.6 Å². The fourth-order valence-electron chi connectivity index (χ4n) is 2.87. The Bertz CT molecular complexity index is 579. The number of hydrogen-bond acceptors (Lipinski definition) is 3. The van der Waals surface area contributed by atoms with Gasteiger partial charge in [0, 0.05) is 12.6 Å². The Hall–Kier alpha value is -1.56. The van der Waals surface area contributed by atoms with Crippen molar-refractivity contribution >= 4 is 15.9 Å². The van der Waals surface area contributed by atoms with Crippen LogP contribution in [0.3, 0.4) is 0 Å². The summed E-state index contributed by atoms with van der Waals surface area (Å²) in [7, 11) is -3.26. The molecule has 0 heterocycles. The molecule has 0 spiro atoms.